The van der Waals surface area contributed by atoms with E-state index in [4.69, 9.17) is 11.6 Å². The normalized spacial score (nSPS) is 11.6. The molecule has 5 rings (SSSR count). The Morgan fingerprint density at radius 2 is 1.49 bits per heavy atom. The Bertz CT molecular complexity index is 1920. The Kier molecular flexibility index (Phi) is 10.8. The maximum atomic E-state index is 13.5. The van der Waals surface area contributed by atoms with Crippen molar-refractivity contribution in [2.24, 2.45) is 0 Å². The maximum absolute atomic E-state index is 13.5. The summed E-state index contributed by atoms with van der Waals surface area (Å²) in [6.07, 6.45) is 4.72. The fraction of sp³-hybridized carbons (Fsp3) is 0.0278. The van der Waals surface area contributed by atoms with E-state index in [1.807, 2.05) is 30.3 Å². The van der Waals surface area contributed by atoms with Crippen LogP contribution in [0.2, 0.25) is 5.02 Å². The zero-order chi connectivity index (χ0) is 33.2. The van der Waals surface area contributed by atoms with Crippen LogP contribution in [0.4, 0.5) is 11.4 Å². The van der Waals surface area contributed by atoms with Crippen molar-refractivity contribution in [3.05, 3.63) is 161 Å². The number of anilines is 2. The summed E-state index contributed by atoms with van der Waals surface area (Å²) in [5, 5.41) is 17.1. The topological polar surface area (TPSA) is 137 Å². The molecule has 1 aromatic heterocycles. The fourth-order valence-electron chi connectivity index (χ4n) is 4.37. The highest BCUT2D eigenvalue weighted by Crippen LogP contribution is 2.37. The summed E-state index contributed by atoms with van der Waals surface area (Å²) in [5.74, 6) is -2.52. The molecule has 1 atom stereocenters. The number of hydrogen-bond acceptors (Lipinski definition) is 6. The average molecular weight is 663 g/mol. The molecule has 11 heteroatoms. The number of carboxylic acids is 1. The van der Waals surface area contributed by atoms with Gasteiger partial charge in [0.15, 0.2) is 0 Å². The van der Waals surface area contributed by atoms with E-state index in [-0.39, 0.29) is 22.0 Å². The predicted molar refractivity (Wildman–Crippen MR) is 183 cm³/mol. The van der Waals surface area contributed by atoms with Crippen molar-refractivity contribution in [3.8, 4) is 0 Å². The van der Waals surface area contributed by atoms with Gasteiger partial charge in [-0.25, -0.2) is 4.79 Å². The number of nitrogens with one attached hydrogen (secondary N) is 3. The lowest BCUT2D eigenvalue weighted by Gasteiger charge is -2.18. The number of pyridine rings is 1. The highest BCUT2D eigenvalue weighted by atomic mass is 35.5. The van der Waals surface area contributed by atoms with Crippen LogP contribution in [0.5, 0.6) is 0 Å². The van der Waals surface area contributed by atoms with E-state index in [2.05, 4.69) is 20.9 Å². The minimum Gasteiger partial charge on any atom is -0.478 e. The summed E-state index contributed by atoms with van der Waals surface area (Å²) in [4.78, 5) is 56.0. The molecule has 0 spiro atoms. The van der Waals surface area contributed by atoms with E-state index >= 15 is 0 Å². The summed E-state index contributed by atoms with van der Waals surface area (Å²) < 4.78 is 0. The number of nitrogens with zero attached hydrogens (tertiary/aromatic N) is 1. The van der Waals surface area contributed by atoms with E-state index in [0.717, 1.165) is 10.5 Å². The molecule has 234 valence electrons. The van der Waals surface area contributed by atoms with Crippen LogP contribution in [-0.2, 0) is 9.59 Å². The second-order valence-corrected chi connectivity index (χ2v) is 11.6. The summed E-state index contributed by atoms with van der Waals surface area (Å²) in [6, 6.07) is 32.1. The van der Waals surface area contributed by atoms with E-state index < -0.39 is 28.9 Å². The first kappa shape index (κ1) is 32.7. The second kappa shape index (κ2) is 15.5. The van der Waals surface area contributed by atoms with Crippen LogP contribution >= 0.6 is 23.4 Å². The highest BCUT2D eigenvalue weighted by molar-refractivity contribution is 8.00. The molecule has 1 heterocycles. The Hall–Kier alpha value is -5.71. The van der Waals surface area contributed by atoms with E-state index in [1.165, 1.54) is 36.0 Å². The van der Waals surface area contributed by atoms with Crippen molar-refractivity contribution in [1.29, 1.82) is 0 Å². The van der Waals surface area contributed by atoms with Gasteiger partial charge in [0.1, 0.15) is 10.9 Å². The molecule has 3 amide bonds. The third kappa shape index (κ3) is 8.94. The third-order valence-electron chi connectivity index (χ3n) is 6.70. The number of amides is 3. The minimum atomic E-state index is -1.14. The van der Waals surface area contributed by atoms with Crippen LogP contribution in [0.25, 0.3) is 6.08 Å². The molecule has 0 saturated heterocycles. The van der Waals surface area contributed by atoms with Crippen molar-refractivity contribution in [1.82, 2.24) is 10.3 Å². The fourth-order valence-corrected chi connectivity index (χ4v) is 5.56. The highest BCUT2D eigenvalue weighted by Gasteiger charge is 2.24. The standard InChI is InChI=1S/C36H27ClN4O5S/c37-29-18-13-26(36(45)46)21-30(29)40-35(44)32(24-9-3-1-4-10-24)47-28-16-14-27(15-17-28)39-34(43)31(20-23-8-7-19-38-22-23)41-33(42)25-11-5-2-6-12-25/h1-22,32H,(H,39,43)(H,40,44)(H,41,42)(H,45,46)/b31-20-. The summed E-state index contributed by atoms with van der Waals surface area (Å²) >= 11 is 7.53. The number of aromatic carboxylic acids is 1. The second-order valence-electron chi connectivity index (χ2n) is 10.0. The van der Waals surface area contributed by atoms with Crippen molar-refractivity contribution in [3.63, 3.8) is 0 Å². The first-order valence-corrected chi connectivity index (χ1v) is 15.5. The number of rotatable bonds is 11. The summed E-state index contributed by atoms with van der Waals surface area (Å²) in [5.41, 5.74) is 2.40. The van der Waals surface area contributed by atoms with Gasteiger partial charge < -0.3 is 21.1 Å². The lowest BCUT2D eigenvalue weighted by Crippen LogP contribution is -2.30. The van der Waals surface area contributed by atoms with Crippen LogP contribution in [-0.4, -0.2) is 33.8 Å². The van der Waals surface area contributed by atoms with Crippen LogP contribution in [0.3, 0.4) is 0 Å². The summed E-state index contributed by atoms with van der Waals surface area (Å²) in [7, 11) is 0. The predicted octanol–water partition coefficient (Wildman–Crippen LogP) is 7.31. The molecule has 47 heavy (non-hydrogen) atoms. The van der Waals surface area contributed by atoms with Gasteiger partial charge in [-0.3, -0.25) is 19.4 Å². The van der Waals surface area contributed by atoms with Gasteiger partial charge in [-0.1, -0.05) is 66.2 Å². The van der Waals surface area contributed by atoms with Crippen LogP contribution in [0, 0.1) is 0 Å². The number of halogens is 1. The van der Waals surface area contributed by atoms with Gasteiger partial charge in [0.05, 0.1) is 16.3 Å². The monoisotopic (exact) mass is 662 g/mol. The van der Waals surface area contributed by atoms with Gasteiger partial charge in [-0.05, 0) is 77.9 Å². The molecule has 0 aliphatic carbocycles. The molecule has 0 radical (unpaired) electrons. The zero-order valence-electron chi connectivity index (χ0n) is 24.6. The number of thioether (sulfide) groups is 1. The van der Waals surface area contributed by atoms with E-state index in [0.29, 0.717) is 16.8 Å². The number of carbonyl (C=O) groups is 4. The zero-order valence-corrected chi connectivity index (χ0v) is 26.2. The van der Waals surface area contributed by atoms with Crippen LogP contribution in [0.1, 0.15) is 37.1 Å². The Morgan fingerprint density at radius 3 is 2.15 bits per heavy atom. The molecule has 0 aliphatic rings. The van der Waals surface area contributed by atoms with E-state index in [1.54, 1.807) is 79.1 Å². The summed E-state index contributed by atoms with van der Waals surface area (Å²) in [6.45, 7) is 0. The SMILES string of the molecule is O=C(Nc1ccc(SC(C(=O)Nc2cc(C(=O)O)ccc2Cl)c2ccccc2)cc1)/C(=C/c1cccnc1)NC(=O)c1ccccc1. The number of benzene rings is 4. The smallest absolute Gasteiger partial charge is 0.335 e. The van der Waals surface area contributed by atoms with Gasteiger partial charge in [0.2, 0.25) is 5.91 Å². The van der Waals surface area contributed by atoms with Gasteiger partial charge in [-0.15, -0.1) is 11.8 Å². The molecule has 0 bridgehead atoms. The Morgan fingerprint density at radius 1 is 0.787 bits per heavy atom. The Balaban J connectivity index is 1.33. The first-order valence-electron chi connectivity index (χ1n) is 14.2. The first-order chi connectivity index (χ1) is 22.8. The number of carboxylic acid groups (broad SMARTS) is 1. The van der Waals surface area contributed by atoms with Gasteiger partial charge in [0, 0.05) is 28.5 Å². The molecule has 0 aliphatic heterocycles. The van der Waals surface area contributed by atoms with Crippen molar-refractivity contribution in [2.45, 2.75) is 10.1 Å². The van der Waals surface area contributed by atoms with Crippen molar-refractivity contribution >= 4 is 64.5 Å². The molecular formula is C36H27ClN4O5S. The third-order valence-corrected chi connectivity index (χ3v) is 8.30. The maximum Gasteiger partial charge on any atom is 0.335 e. The number of hydrogen-bond donors (Lipinski definition) is 4. The lowest BCUT2D eigenvalue weighted by molar-refractivity contribution is -0.116. The average Bonchev–Trinajstić information content (AvgIpc) is 3.09. The quantitative estimate of drug-likeness (QED) is 0.0859. The largest absolute Gasteiger partial charge is 0.478 e. The Labute approximate surface area is 279 Å². The molecule has 0 fully saturated rings. The van der Waals surface area contributed by atoms with Crippen molar-refractivity contribution < 1.29 is 24.3 Å². The minimum absolute atomic E-state index is 0.00989. The molecule has 0 saturated carbocycles. The molecule has 5 aromatic rings. The molecule has 4 aromatic carbocycles. The molecular weight excluding hydrogens is 636 g/mol. The van der Waals surface area contributed by atoms with Gasteiger partial charge in [0.25, 0.3) is 11.8 Å². The van der Waals surface area contributed by atoms with Crippen molar-refractivity contribution in [2.75, 3.05) is 10.6 Å². The van der Waals surface area contributed by atoms with Gasteiger partial charge >= 0.3 is 5.97 Å². The van der Waals surface area contributed by atoms with Gasteiger partial charge in [-0.2, -0.15) is 0 Å². The van der Waals surface area contributed by atoms with Crippen LogP contribution < -0.4 is 16.0 Å². The lowest BCUT2D eigenvalue weighted by atomic mass is 10.1. The molecule has 1 unspecified atom stereocenters. The molecule has 9 nitrogen and oxygen atoms in total. The number of carbonyl (C=O) groups excluding carboxylic acids is 3. The van der Waals surface area contributed by atoms with Crippen LogP contribution in [0.15, 0.2) is 138 Å². The number of aromatic nitrogens is 1. The van der Waals surface area contributed by atoms with E-state index in [9.17, 15) is 24.3 Å². The molecule has 4 N–H and O–H groups in total.